The summed E-state index contributed by atoms with van der Waals surface area (Å²) in [5.74, 6) is 0.0323. The number of hydrogen-bond donors (Lipinski definition) is 3. The van der Waals surface area contributed by atoms with Gasteiger partial charge >= 0.3 is 5.69 Å². The number of nitrogens with two attached hydrogens (primary N) is 1. The molecule has 1 unspecified atom stereocenters. The second kappa shape index (κ2) is 6.33. The highest BCUT2D eigenvalue weighted by molar-refractivity contribution is 7.90. The molecule has 0 aliphatic carbocycles. The van der Waals surface area contributed by atoms with Crippen LogP contribution in [0.3, 0.4) is 0 Å². The minimum Gasteiger partial charge on any atom is -0.383 e. The lowest BCUT2D eigenvalue weighted by molar-refractivity contribution is 0.508. The topological polar surface area (TPSA) is 127 Å². The third-order valence-corrected chi connectivity index (χ3v) is 3.84. The van der Waals surface area contributed by atoms with Gasteiger partial charge in [-0.1, -0.05) is 13.8 Å². The van der Waals surface area contributed by atoms with Crippen LogP contribution >= 0.6 is 0 Å². The van der Waals surface area contributed by atoms with Crippen LogP contribution in [0, 0.1) is 5.92 Å². The Morgan fingerprint density at radius 2 is 1.86 bits per heavy atom. The van der Waals surface area contributed by atoms with Crippen LogP contribution in [0.2, 0.25) is 0 Å². The smallest absolute Gasteiger partial charge is 0.330 e. The number of anilines is 2. The van der Waals surface area contributed by atoms with Crippen LogP contribution in [0.15, 0.2) is 9.59 Å². The monoisotopic (exact) mass is 318 g/mol. The lowest BCUT2D eigenvalue weighted by Gasteiger charge is -2.18. The molecule has 0 aromatic carbocycles. The summed E-state index contributed by atoms with van der Waals surface area (Å²) >= 11 is 0. The molecule has 0 aliphatic heterocycles. The van der Waals surface area contributed by atoms with Gasteiger partial charge in [0.25, 0.3) is 5.56 Å². The number of aromatic nitrogens is 2. The van der Waals surface area contributed by atoms with E-state index in [9.17, 15) is 18.0 Å². The largest absolute Gasteiger partial charge is 0.383 e. The molecule has 0 saturated heterocycles. The first-order valence-electron chi connectivity index (χ1n) is 6.58. The van der Waals surface area contributed by atoms with Crippen molar-refractivity contribution in [2.24, 2.45) is 5.92 Å². The lowest BCUT2D eigenvalue weighted by atomic mass is 10.2. The summed E-state index contributed by atoms with van der Waals surface area (Å²) in [4.78, 5) is 25.8. The maximum atomic E-state index is 11.8. The number of H-pyrrole nitrogens is 1. The fraction of sp³-hybridized carbons (Fsp3) is 0.667. The first-order chi connectivity index (χ1) is 9.51. The van der Waals surface area contributed by atoms with Crippen molar-refractivity contribution in [3.8, 4) is 0 Å². The maximum Gasteiger partial charge on any atom is 0.330 e. The van der Waals surface area contributed by atoms with Crippen molar-refractivity contribution in [2.75, 3.05) is 23.1 Å². The van der Waals surface area contributed by atoms with Crippen LogP contribution < -0.4 is 22.3 Å². The molecular formula is C12H22N4O4S. The fourth-order valence-electron chi connectivity index (χ4n) is 2.02. The molecule has 120 valence electrons. The van der Waals surface area contributed by atoms with E-state index in [0.717, 1.165) is 6.26 Å². The van der Waals surface area contributed by atoms with E-state index < -0.39 is 27.1 Å². The van der Waals surface area contributed by atoms with Gasteiger partial charge in [0.05, 0.1) is 5.75 Å². The van der Waals surface area contributed by atoms with E-state index in [2.05, 4.69) is 10.3 Å². The molecule has 0 saturated carbocycles. The second-order valence-corrected chi connectivity index (χ2v) is 7.85. The Morgan fingerprint density at radius 3 is 2.33 bits per heavy atom. The predicted molar refractivity (Wildman–Crippen MR) is 83.4 cm³/mol. The zero-order valence-corrected chi connectivity index (χ0v) is 13.5. The van der Waals surface area contributed by atoms with Crippen molar-refractivity contribution in [2.45, 2.75) is 33.4 Å². The van der Waals surface area contributed by atoms with Gasteiger partial charge in [0.15, 0.2) is 0 Å². The number of hydrogen-bond acceptors (Lipinski definition) is 6. The lowest BCUT2D eigenvalue weighted by Crippen LogP contribution is -2.37. The summed E-state index contributed by atoms with van der Waals surface area (Å²) in [6.45, 7) is 5.81. The molecule has 1 atom stereocenters. The van der Waals surface area contributed by atoms with Crippen LogP contribution in [0.4, 0.5) is 11.5 Å². The third-order valence-electron chi connectivity index (χ3n) is 2.73. The van der Waals surface area contributed by atoms with Crippen LogP contribution in [0.25, 0.3) is 0 Å². The SMILES string of the molecule is CC(C)Cn1c(N)c(NC(C)CS(C)(=O)=O)c(=O)[nH]c1=O. The first-order valence-corrected chi connectivity index (χ1v) is 8.64. The Kier molecular flexibility index (Phi) is 5.21. The molecular weight excluding hydrogens is 296 g/mol. The van der Waals surface area contributed by atoms with Gasteiger partial charge in [-0.2, -0.15) is 0 Å². The highest BCUT2D eigenvalue weighted by atomic mass is 32.2. The van der Waals surface area contributed by atoms with Gasteiger partial charge in [-0.05, 0) is 12.8 Å². The molecule has 1 aromatic rings. The number of nitrogen functional groups attached to an aromatic ring is 1. The van der Waals surface area contributed by atoms with Gasteiger partial charge in [-0.25, -0.2) is 13.2 Å². The van der Waals surface area contributed by atoms with E-state index in [-0.39, 0.29) is 23.2 Å². The van der Waals surface area contributed by atoms with E-state index in [1.54, 1.807) is 6.92 Å². The van der Waals surface area contributed by atoms with Gasteiger partial charge in [0.2, 0.25) is 0 Å². The van der Waals surface area contributed by atoms with Gasteiger partial charge in [-0.3, -0.25) is 14.3 Å². The van der Waals surface area contributed by atoms with Crippen molar-refractivity contribution in [3.05, 3.63) is 20.8 Å². The molecule has 0 aliphatic rings. The number of sulfone groups is 1. The molecule has 0 radical (unpaired) electrons. The van der Waals surface area contributed by atoms with Crippen molar-refractivity contribution in [1.82, 2.24) is 9.55 Å². The standard InChI is InChI=1S/C12H22N4O4S/c1-7(2)5-16-10(13)9(11(17)15-12(16)18)14-8(3)6-21(4,19)20/h7-8,14H,5-6,13H2,1-4H3,(H,15,17,18). The van der Waals surface area contributed by atoms with E-state index in [1.807, 2.05) is 13.8 Å². The molecule has 0 amide bonds. The quantitative estimate of drug-likeness (QED) is 0.656. The molecule has 8 nitrogen and oxygen atoms in total. The summed E-state index contributed by atoms with van der Waals surface area (Å²) in [5, 5.41) is 2.77. The number of aromatic amines is 1. The molecule has 0 spiro atoms. The fourth-order valence-corrected chi connectivity index (χ4v) is 3.01. The molecule has 21 heavy (non-hydrogen) atoms. The summed E-state index contributed by atoms with van der Waals surface area (Å²) in [5.41, 5.74) is 4.67. The third kappa shape index (κ3) is 4.92. The Bertz CT molecular complexity index is 718. The van der Waals surface area contributed by atoms with Crippen molar-refractivity contribution in [3.63, 3.8) is 0 Å². The Morgan fingerprint density at radius 1 is 1.29 bits per heavy atom. The minimum atomic E-state index is -3.19. The minimum absolute atomic E-state index is 0.0119. The summed E-state index contributed by atoms with van der Waals surface area (Å²) < 4.78 is 23.8. The maximum absolute atomic E-state index is 11.8. The van der Waals surface area contributed by atoms with E-state index in [1.165, 1.54) is 4.57 Å². The summed E-state index contributed by atoms with van der Waals surface area (Å²) in [6, 6.07) is -0.506. The average molecular weight is 318 g/mol. The average Bonchev–Trinajstić information content (AvgIpc) is 2.27. The molecule has 0 bridgehead atoms. The first kappa shape index (κ1) is 17.3. The molecule has 0 fully saturated rings. The zero-order chi connectivity index (χ0) is 16.4. The molecule has 4 N–H and O–H groups in total. The van der Waals surface area contributed by atoms with Gasteiger partial charge in [0.1, 0.15) is 21.3 Å². The van der Waals surface area contributed by atoms with Crippen LogP contribution in [-0.2, 0) is 16.4 Å². The summed E-state index contributed by atoms with van der Waals surface area (Å²) in [6.07, 6.45) is 1.11. The number of rotatable bonds is 6. The Hall–Kier alpha value is -1.77. The highest BCUT2D eigenvalue weighted by Gasteiger charge is 2.17. The molecule has 1 heterocycles. The highest BCUT2D eigenvalue weighted by Crippen LogP contribution is 2.13. The van der Waals surface area contributed by atoms with E-state index >= 15 is 0 Å². The molecule has 9 heteroatoms. The summed E-state index contributed by atoms with van der Waals surface area (Å²) in [7, 11) is -3.19. The van der Waals surface area contributed by atoms with Crippen LogP contribution in [0.1, 0.15) is 20.8 Å². The van der Waals surface area contributed by atoms with Gasteiger partial charge in [0, 0.05) is 18.8 Å². The molecule has 1 aromatic heterocycles. The van der Waals surface area contributed by atoms with Crippen LogP contribution in [-0.4, -0.2) is 36.0 Å². The van der Waals surface area contributed by atoms with Crippen molar-refractivity contribution >= 4 is 21.3 Å². The van der Waals surface area contributed by atoms with Gasteiger partial charge in [-0.15, -0.1) is 0 Å². The van der Waals surface area contributed by atoms with E-state index in [0.29, 0.717) is 6.54 Å². The Balaban J connectivity index is 3.19. The van der Waals surface area contributed by atoms with Crippen molar-refractivity contribution < 1.29 is 8.42 Å². The van der Waals surface area contributed by atoms with Gasteiger partial charge < -0.3 is 11.1 Å². The Labute approximate surface area is 123 Å². The predicted octanol–water partition coefficient (Wildman–Crippen LogP) is -0.380. The number of nitrogens with one attached hydrogen (secondary N) is 2. The number of nitrogens with zero attached hydrogens (tertiary/aromatic N) is 1. The molecule has 1 rings (SSSR count). The zero-order valence-electron chi connectivity index (χ0n) is 12.6. The van der Waals surface area contributed by atoms with E-state index in [4.69, 9.17) is 5.73 Å². The van der Waals surface area contributed by atoms with Crippen LogP contribution in [0.5, 0.6) is 0 Å². The van der Waals surface area contributed by atoms with Crippen molar-refractivity contribution in [1.29, 1.82) is 0 Å². The normalized spacial score (nSPS) is 13.4. The second-order valence-electron chi connectivity index (χ2n) is 5.66.